The van der Waals surface area contributed by atoms with Crippen molar-refractivity contribution in [2.75, 3.05) is 40.4 Å². The van der Waals surface area contributed by atoms with Crippen LogP contribution in [-0.2, 0) is 9.59 Å². The normalized spacial score (nSPS) is 13.0. The predicted molar refractivity (Wildman–Crippen MR) is 69.7 cm³/mol. The van der Waals surface area contributed by atoms with Gasteiger partial charge in [-0.25, -0.2) is 0 Å². The molecule has 17 heavy (non-hydrogen) atoms. The number of rotatable bonds is 7. The zero-order valence-electron chi connectivity index (χ0n) is 11.0. The van der Waals surface area contributed by atoms with Crippen LogP contribution in [0.4, 0.5) is 0 Å². The van der Waals surface area contributed by atoms with Crippen molar-refractivity contribution in [1.82, 2.24) is 5.32 Å². The maximum atomic E-state index is 11.6. The van der Waals surface area contributed by atoms with E-state index < -0.39 is 8.15 Å². The van der Waals surface area contributed by atoms with Crippen LogP contribution in [-0.4, -0.2) is 61.2 Å². The van der Waals surface area contributed by atoms with E-state index in [4.69, 9.17) is 0 Å². The van der Waals surface area contributed by atoms with Gasteiger partial charge in [0.15, 0.2) is 0 Å². The highest BCUT2D eigenvalue weighted by Crippen LogP contribution is 2.30. The Kier molecular flexibility index (Phi) is 6.53. The summed E-state index contributed by atoms with van der Waals surface area (Å²) < 4.78 is 0.496. The van der Waals surface area contributed by atoms with Gasteiger partial charge in [-0.2, -0.15) is 0 Å². The summed E-state index contributed by atoms with van der Waals surface area (Å²) in [7, 11) is 4.02. The van der Waals surface area contributed by atoms with Crippen molar-refractivity contribution < 1.29 is 19.0 Å². The third kappa shape index (κ3) is 8.02. The van der Waals surface area contributed by atoms with Crippen molar-refractivity contribution in [2.45, 2.75) is 6.92 Å². The molecule has 0 rings (SSSR count). The first-order valence-electron chi connectivity index (χ1n) is 5.37. The van der Waals surface area contributed by atoms with E-state index in [1.54, 1.807) is 6.92 Å². The Hall–Kier alpha value is -0.770. The molecule has 6 heteroatoms. The minimum absolute atomic E-state index is 0.142. The molecule has 0 aromatic heterocycles. The maximum absolute atomic E-state index is 11.6. The highest BCUT2D eigenvalue weighted by atomic mass is 31.1. The van der Waals surface area contributed by atoms with Gasteiger partial charge in [0, 0.05) is 18.3 Å². The van der Waals surface area contributed by atoms with Crippen LogP contribution in [0.1, 0.15) is 6.92 Å². The van der Waals surface area contributed by atoms with Crippen molar-refractivity contribution in [1.29, 1.82) is 0 Å². The van der Waals surface area contributed by atoms with Gasteiger partial charge in [0.25, 0.3) is 0 Å². The van der Waals surface area contributed by atoms with Crippen LogP contribution in [0.5, 0.6) is 0 Å². The highest BCUT2D eigenvalue weighted by Gasteiger charge is 2.22. The van der Waals surface area contributed by atoms with Crippen LogP contribution in [0.2, 0.25) is 0 Å². The summed E-state index contributed by atoms with van der Waals surface area (Å²) >= 11 is 0. The van der Waals surface area contributed by atoms with E-state index in [1.165, 1.54) is 0 Å². The summed E-state index contributed by atoms with van der Waals surface area (Å²) in [5.74, 6) is -0.243. The lowest BCUT2D eigenvalue weighted by molar-refractivity contribution is -0.861. The average Bonchev–Trinajstić information content (AvgIpc) is 2.14. The van der Waals surface area contributed by atoms with E-state index >= 15 is 0 Å². The first kappa shape index (κ1) is 16.2. The molecule has 1 unspecified atom stereocenters. The Bertz CT molecular complexity index is 310. The molecule has 1 atom stereocenters. The van der Waals surface area contributed by atoms with Crippen LogP contribution in [0, 0.1) is 0 Å². The first-order chi connectivity index (χ1) is 7.63. The predicted octanol–water partition coefficient (Wildman–Crippen LogP) is 0.301. The molecular weight excluding hydrogens is 239 g/mol. The molecule has 0 fully saturated rings. The van der Waals surface area contributed by atoms with E-state index in [-0.39, 0.29) is 11.4 Å². The second-order valence-electron chi connectivity index (χ2n) is 5.00. The van der Waals surface area contributed by atoms with E-state index in [2.05, 4.69) is 11.9 Å². The number of likely N-dealkylation sites (N-methyl/N-ethyl adjacent to an activating group) is 1. The summed E-state index contributed by atoms with van der Waals surface area (Å²) in [6, 6.07) is 0. The lowest BCUT2D eigenvalue weighted by Crippen LogP contribution is -2.39. The molecule has 5 nitrogen and oxygen atoms in total. The third-order valence-corrected chi connectivity index (χ3v) is 3.26. The Morgan fingerprint density at radius 3 is 2.29 bits per heavy atom. The Balaban J connectivity index is 3.95. The molecular formula is C11H22N2O3P+. The number of hydrogen-bond donors (Lipinski definition) is 2. The van der Waals surface area contributed by atoms with Crippen molar-refractivity contribution in [3.8, 4) is 0 Å². The van der Waals surface area contributed by atoms with Crippen LogP contribution in [0.3, 0.4) is 0 Å². The summed E-state index contributed by atoms with van der Waals surface area (Å²) in [6.45, 7) is 5.71. The molecule has 2 N–H and O–H groups in total. The third-order valence-electron chi connectivity index (χ3n) is 1.89. The van der Waals surface area contributed by atoms with Crippen molar-refractivity contribution in [2.24, 2.45) is 0 Å². The second kappa shape index (κ2) is 6.84. The van der Waals surface area contributed by atoms with E-state index in [0.29, 0.717) is 29.3 Å². The van der Waals surface area contributed by atoms with Gasteiger partial charge in [-0.15, -0.1) is 0 Å². The van der Waals surface area contributed by atoms with Gasteiger partial charge >= 0.3 is 0 Å². The zero-order chi connectivity index (χ0) is 13.6. The highest BCUT2D eigenvalue weighted by molar-refractivity contribution is 7.69. The maximum Gasteiger partial charge on any atom is 0.246 e. The summed E-state index contributed by atoms with van der Waals surface area (Å²) in [4.78, 5) is 32.4. The number of amides is 1. The van der Waals surface area contributed by atoms with E-state index in [0.717, 1.165) is 0 Å². The molecule has 0 aromatic rings. The molecule has 1 amide bonds. The summed E-state index contributed by atoms with van der Waals surface area (Å²) in [5, 5.41) is 2.59. The summed E-state index contributed by atoms with van der Waals surface area (Å²) in [6.07, 6.45) is 0.299. The SMILES string of the molecule is C=C(C)C(=O)NCCP(O)C(=O)C[N+](C)(C)C. The lowest BCUT2D eigenvalue weighted by Gasteiger charge is -2.23. The fraction of sp³-hybridized carbons (Fsp3) is 0.636. The van der Waals surface area contributed by atoms with Gasteiger partial charge in [0.2, 0.25) is 11.4 Å². The van der Waals surface area contributed by atoms with Gasteiger partial charge in [0.05, 0.1) is 21.1 Å². The smallest absolute Gasteiger partial charge is 0.246 e. The average molecular weight is 261 g/mol. The van der Waals surface area contributed by atoms with Crippen molar-refractivity contribution >= 4 is 19.6 Å². The van der Waals surface area contributed by atoms with Gasteiger partial charge in [-0.1, -0.05) is 6.58 Å². The Morgan fingerprint density at radius 2 is 1.88 bits per heavy atom. The second-order valence-corrected chi connectivity index (χ2v) is 6.75. The summed E-state index contributed by atoms with van der Waals surface area (Å²) in [5.41, 5.74) is 0.280. The molecule has 0 heterocycles. The number of nitrogens with zero attached hydrogens (tertiary/aromatic N) is 1. The number of carbonyl (C=O) groups is 2. The molecule has 0 radical (unpaired) electrons. The first-order valence-corrected chi connectivity index (χ1v) is 6.85. The molecule has 0 aromatic carbocycles. The van der Waals surface area contributed by atoms with Crippen molar-refractivity contribution in [3.63, 3.8) is 0 Å². The van der Waals surface area contributed by atoms with E-state index in [1.807, 2.05) is 21.1 Å². The fourth-order valence-electron chi connectivity index (χ4n) is 1.04. The number of quaternary nitrogens is 1. The quantitative estimate of drug-likeness (QED) is 0.393. The lowest BCUT2D eigenvalue weighted by atomic mass is 10.3. The molecule has 0 spiro atoms. The number of hydrogen-bond acceptors (Lipinski definition) is 3. The van der Waals surface area contributed by atoms with Crippen LogP contribution in [0.25, 0.3) is 0 Å². The fourth-order valence-corrected chi connectivity index (χ4v) is 2.20. The van der Waals surface area contributed by atoms with Gasteiger partial charge < -0.3 is 14.7 Å². The minimum atomic E-state index is -1.65. The number of carbonyl (C=O) groups excluding carboxylic acids is 2. The Morgan fingerprint density at radius 1 is 1.35 bits per heavy atom. The molecule has 0 saturated carbocycles. The monoisotopic (exact) mass is 261 g/mol. The number of nitrogens with one attached hydrogen (secondary N) is 1. The van der Waals surface area contributed by atoms with Crippen LogP contribution >= 0.6 is 8.15 Å². The molecule has 0 aliphatic carbocycles. The topological polar surface area (TPSA) is 66.4 Å². The van der Waals surface area contributed by atoms with E-state index in [9.17, 15) is 14.5 Å². The minimum Gasteiger partial charge on any atom is -0.366 e. The van der Waals surface area contributed by atoms with Crippen LogP contribution in [0.15, 0.2) is 12.2 Å². The molecule has 0 saturated heterocycles. The Labute approximate surface area is 104 Å². The standard InChI is InChI=1S/C11H21N2O3P/c1-9(2)11(15)12-6-7-17(16)10(14)8-13(3,4)5/h16H,1,6-8H2,2-5H3/p+1. The largest absolute Gasteiger partial charge is 0.366 e. The van der Waals surface area contributed by atoms with Crippen molar-refractivity contribution in [3.05, 3.63) is 12.2 Å². The van der Waals surface area contributed by atoms with Gasteiger partial charge in [0.1, 0.15) is 14.7 Å². The molecule has 0 bridgehead atoms. The molecule has 98 valence electrons. The van der Waals surface area contributed by atoms with Crippen LogP contribution < -0.4 is 5.32 Å². The zero-order valence-corrected chi connectivity index (χ0v) is 11.9. The van der Waals surface area contributed by atoms with Gasteiger partial charge in [-0.3, -0.25) is 9.59 Å². The molecule has 0 aliphatic rings. The molecule has 0 aliphatic heterocycles. The van der Waals surface area contributed by atoms with Gasteiger partial charge in [-0.05, 0) is 6.92 Å².